The fraction of sp³-hybridized carbons (Fsp3) is 0.538. The molecule has 1 aliphatic rings. The van der Waals surface area contributed by atoms with Crippen molar-refractivity contribution in [3.8, 4) is 5.75 Å². The molecule has 198 valence electrons. The largest absolute Gasteiger partial charge is 0.488 e. The molecule has 1 aliphatic carbocycles. The number of hydrogen-bond donors (Lipinski definition) is 3. The van der Waals surface area contributed by atoms with Crippen molar-refractivity contribution in [2.75, 3.05) is 43.2 Å². The molecular weight excluding hydrogens is 458 g/mol. The summed E-state index contributed by atoms with van der Waals surface area (Å²) in [4.78, 5) is 17.1. The van der Waals surface area contributed by atoms with E-state index in [1.165, 1.54) is 0 Å². The zero-order valence-electron chi connectivity index (χ0n) is 21.9. The molecule has 0 saturated heterocycles. The fourth-order valence-electron chi connectivity index (χ4n) is 3.66. The molecule has 2 heterocycles. The highest BCUT2D eigenvalue weighted by atomic mass is 16.5. The predicted octanol–water partition coefficient (Wildman–Crippen LogP) is 4.47. The molecule has 3 aromatic rings. The van der Waals surface area contributed by atoms with Gasteiger partial charge in [0.05, 0.1) is 29.7 Å². The van der Waals surface area contributed by atoms with E-state index in [4.69, 9.17) is 25.7 Å². The Labute approximate surface area is 214 Å². The maximum atomic E-state index is 6.21. The smallest absolute Gasteiger partial charge is 0.222 e. The molecule has 1 saturated carbocycles. The van der Waals surface area contributed by atoms with Gasteiger partial charge in [-0.25, -0.2) is 15.0 Å². The first-order valence-electron chi connectivity index (χ1n) is 12.7. The molecule has 2 aromatic heterocycles. The maximum absolute atomic E-state index is 6.21. The van der Waals surface area contributed by atoms with E-state index in [0.717, 1.165) is 63.1 Å². The van der Waals surface area contributed by atoms with Crippen molar-refractivity contribution in [1.82, 2.24) is 19.9 Å². The van der Waals surface area contributed by atoms with Crippen LogP contribution in [0.5, 0.6) is 5.75 Å². The van der Waals surface area contributed by atoms with Gasteiger partial charge in [0.25, 0.3) is 0 Å². The molecule has 0 atom stereocenters. The van der Waals surface area contributed by atoms with Gasteiger partial charge >= 0.3 is 0 Å². The highest BCUT2D eigenvalue weighted by Gasteiger charge is 2.23. The van der Waals surface area contributed by atoms with Crippen molar-refractivity contribution in [3.63, 3.8) is 0 Å². The van der Waals surface area contributed by atoms with Gasteiger partial charge < -0.3 is 31.0 Å². The molecule has 5 N–H and O–H groups in total. The highest BCUT2D eigenvalue weighted by Crippen LogP contribution is 2.30. The summed E-state index contributed by atoms with van der Waals surface area (Å²) in [5.74, 6) is 1.31. The molecule has 10 nitrogen and oxygen atoms in total. The molecule has 36 heavy (non-hydrogen) atoms. The van der Waals surface area contributed by atoms with E-state index >= 15 is 0 Å². The quantitative estimate of drug-likeness (QED) is 0.380. The number of fused-ring (bicyclic) bond motifs is 1. The minimum Gasteiger partial charge on any atom is -0.488 e. The zero-order chi connectivity index (χ0) is 26.2. The fourth-order valence-corrected chi connectivity index (χ4v) is 3.66. The van der Waals surface area contributed by atoms with Gasteiger partial charge in [0.2, 0.25) is 5.95 Å². The molecule has 0 radical (unpaired) electrons. The second-order valence-corrected chi connectivity index (χ2v) is 8.08. The topological polar surface area (TPSA) is 143 Å². The van der Waals surface area contributed by atoms with E-state index < -0.39 is 0 Å². The third-order valence-electron chi connectivity index (χ3n) is 5.35. The van der Waals surface area contributed by atoms with Gasteiger partial charge in [-0.2, -0.15) is 0 Å². The molecule has 0 bridgehead atoms. The van der Waals surface area contributed by atoms with Crippen LogP contribution in [-0.2, 0) is 9.47 Å². The van der Waals surface area contributed by atoms with Gasteiger partial charge in [-0.15, -0.1) is 0 Å². The number of rotatable bonds is 8. The van der Waals surface area contributed by atoms with Crippen molar-refractivity contribution in [1.29, 1.82) is 0 Å². The van der Waals surface area contributed by atoms with Crippen LogP contribution in [0.15, 0.2) is 36.9 Å². The van der Waals surface area contributed by atoms with Crippen molar-refractivity contribution in [2.24, 2.45) is 0 Å². The summed E-state index contributed by atoms with van der Waals surface area (Å²) in [6, 6.07) is 3.96. The molecule has 0 spiro atoms. The van der Waals surface area contributed by atoms with Crippen LogP contribution in [0, 0.1) is 0 Å². The van der Waals surface area contributed by atoms with Gasteiger partial charge in [-0.05, 0) is 59.4 Å². The minimum atomic E-state index is 0.132. The minimum absolute atomic E-state index is 0.132. The van der Waals surface area contributed by atoms with Crippen molar-refractivity contribution in [2.45, 2.75) is 65.5 Å². The van der Waals surface area contributed by atoms with Gasteiger partial charge in [-0.1, -0.05) is 0 Å². The lowest BCUT2D eigenvalue weighted by Gasteiger charge is -2.29. The molecule has 1 fully saturated rings. The van der Waals surface area contributed by atoms with Gasteiger partial charge in [0.1, 0.15) is 11.3 Å². The number of nitrogens with zero attached hydrogens (tertiary/aromatic N) is 4. The van der Waals surface area contributed by atoms with E-state index in [-0.39, 0.29) is 6.10 Å². The average Bonchev–Trinajstić information content (AvgIpc) is 2.88. The van der Waals surface area contributed by atoms with Crippen molar-refractivity contribution in [3.05, 3.63) is 36.9 Å². The lowest BCUT2D eigenvalue weighted by molar-refractivity contribution is 0.152. The average molecular weight is 500 g/mol. The second-order valence-electron chi connectivity index (χ2n) is 8.08. The summed E-state index contributed by atoms with van der Waals surface area (Å²) in [7, 11) is 0. The van der Waals surface area contributed by atoms with Crippen LogP contribution in [0.25, 0.3) is 11.0 Å². The van der Waals surface area contributed by atoms with Crippen molar-refractivity contribution < 1.29 is 14.2 Å². The Hall–Kier alpha value is -3.24. The Morgan fingerprint density at radius 2 is 1.36 bits per heavy atom. The monoisotopic (exact) mass is 499 g/mol. The number of nitrogens with two attached hydrogens (primary N) is 2. The number of nitrogens with one attached hydrogen (secondary N) is 1. The molecule has 0 unspecified atom stereocenters. The lowest BCUT2D eigenvalue weighted by Crippen LogP contribution is -2.31. The third kappa shape index (κ3) is 10.2. The van der Waals surface area contributed by atoms with Crippen LogP contribution in [0.4, 0.5) is 17.3 Å². The summed E-state index contributed by atoms with van der Waals surface area (Å²) in [5.41, 5.74) is 14.3. The third-order valence-corrected chi connectivity index (χ3v) is 5.35. The molecule has 1 aromatic carbocycles. The Kier molecular flexibility index (Phi) is 13.2. The first-order valence-corrected chi connectivity index (χ1v) is 12.7. The van der Waals surface area contributed by atoms with E-state index in [1.807, 2.05) is 39.8 Å². The number of benzene rings is 1. The SMILES string of the molecule is CCOCC.CCOCC.Nc1cnc(NC2CCC(Oc3cc(N)cc4nccnc34)CC2)nc1. The van der Waals surface area contributed by atoms with Crippen LogP contribution in [0.2, 0.25) is 0 Å². The molecule has 0 amide bonds. The molecule has 10 heteroatoms. The van der Waals surface area contributed by atoms with Crippen molar-refractivity contribution >= 4 is 28.4 Å². The Bertz CT molecular complexity index is 986. The molecule has 0 aliphatic heterocycles. The standard InChI is InChI=1S/C18H21N7O.2C4H10O/c19-11-7-15-17(22-6-5-21-15)16(8-11)26-14-3-1-13(2-4-14)25-18-23-9-12(20)10-24-18;2*1-3-5-4-2/h5-10,13-14H,1-4,19-20H2,(H,23,24,25);2*3-4H2,1-2H3. The summed E-state index contributed by atoms with van der Waals surface area (Å²) in [6.07, 6.45) is 10.5. The number of ether oxygens (including phenoxy) is 3. The first-order chi connectivity index (χ1) is 17.5. The molecule has 4 rings (SSSR count). The predicted molar refractivity (Wildman–Crippen MR) is 145 cm³/mol. The maximum Gasteiger partial charge on any atom is 0.222 e. The van der Waals surface area contributed by atoms with Crippen LogP contribution < -0.4 is 21.5 Å². The number of nitrogen functional groups attached to an aromatic ring is 2. The van der Waals surface area contributed by atoms with E-state index in [2.05, 4.69) is 25.3 Å². The second kappa shape index (κ2) is 16.4. The highest BCUT2D eigenvalue weighted by molar-refractivity contribution is 5.84. The summed E-state index contributed by atoms with van der Waals surface area (Å²) >= 11 is 0. The van der Waals surface area contributed by atoms with E-state index in [9.17, 15) is 0 Å². The van der Waals surface area contributed by atoms with Gasteiger partial charge in [-0.3, -0.25) is 4.98 Å². The van der Waals surface area contributed by atoms with Crippen LogP contribution in [0.3, 0.4) is 0 Å². The normalized spacial score (nSPS) is 16.8. The summed E-state index contributed by atoms with van der Waals surface area (Å²) < 4.78 is 15.9. The van der Waals surface area contributed by atoms with E-state index in [1.54, 1.807) is 24.8 Å². The Balaban J connectivity index is 0.000000389. The molecular formula is C26H41N7O3. The van der Waals surface area contributed by atoms with Gasteiger partial charge in [0.15, 0.2) is 0 Å². The van der Waals surface area contributed by atoms with Crippen LogP contribution in [-0.4, -0.2) is 58.5 Å². The zero-order valence-corrected chi connectivity index (χ0v) is 21.9. The van der Waals surface area contributed by atoms with E-state index in [0.29, 0.717) is 29.1 Å². The Morgan fingerprint density at radius 3 is 1.92 bits per heavy atom. The first kappa shape index (κ1) is 29.0. The summed E-state index contributed by atoms with van der Waals surface area (Å²) in [6.45, 7) is 11.3. The number of aromatic nitrogens is 4. The van der Waals surface area contributed by atoms with Gasteiger partial charge in [0, 0.05) is 56.6 Å². The Morgan fingerprint density at radius 1 is 0.778 bits per heavy atom. The lowest BCUT2D eigenvalue weighted by atomic mass is 9.93. The van der Waals surface area contributed by atoms with Crippen LogP contribution in [0.1, 0.15) is 53.4 Å². The van der Waals surface area contributed by atoms with Crippen LogP contribution >= 0.6 is 0 Å². The summed E-state index contributed by atoms with van der Waals surface area (Å²) in [5, 5.41) is 3.36. The number of anilines is 3. The number of hydrogen-bond acceptors (Lipinski definition) is 10.